The van der Waals surface area contributed by atoms with Crippen LogP contribution in [0.5, 0.6) is 0 Å². The van der Waals surface area contributed by atoms with Gasteiger partial charge in [0.2, 0.25) is 0 Å². The fraction of sp³-hybridized carbons (Fsp3) is 0.143. The monoisotopic (exact) mass is 216 g/mol. The van der Waals surface area contributed by atoms with Gasteiger partial charge in [0.15, 0.2) is 0 Å². The van der Waals surface area contributed by atoms with Gasteiger partial charge in [-0.2, -0.15) is 0 Å². The molecule has 0 heterocycles. The van der Waals surface area contributed by atoms with Crippen molar-refractivity contribution in [2.75, 3.05) is 0 Å². The molecule has 0 spiro atoms. The number of hydrogen-bond donors (Lipinski definition) is 0. The first kappa shape index (κ1) is 10.3. The van der Waals surface area contributed by atoms with Crippen LogP contribution in [-0.2, 0) is 0 Å². The van der Waals surface area contributed by atoms with Gasteiger partial charge in [0, 0.05) is 5.02 Å². The average molecular weight is 217 g/mol. The summed E-state index contributed by atoms with van der Waals surface area (Å²) in [7, 11) is 0. The molecule has 0 aromatic heterocycles. The molecule has 0 atom stereocenters. The molecule has 0 saturated carbocycles. The zero-order valence-electron chi connectivity index (χ0n) is 8.92. The zero-order valence-corrected chi connectivity index (χ0v) is 9.68. The molecule has 2 aromatic rings. The summed E-state index contributed by atoms with van der Waals surface area (Å²) in [6, 6.07) is 14.3. The highest BCUT2D eigenvalue weighted by molar-refractivity contribution is 6.30. The first-order valence-corrected chi connectivity index (χ1v) is 5.38. The molecule has 1 heteroatoms. The third-order valence-corrected chi connectivity index (χ3v) is 3.01. The summed E-state index contributed by atoms with van der Waals surface area (Å²) in [5, 5.41) is 0.782. The smallest absolute Gasteiger partial charge is 0.0406 e. The van der Waals surface area contributed by atoms with Crippen LogP contribution >= 0.6 is 11.6 Å². The molecule has 0 N–H and O–H groups in total. The first-order chi connectivity index (χ1) is 7.18. The minimum atomic E-state index is 0.782. The zero-order chi connectivity index (χ0) is 10.8. The van der Waals surface area contributed by atoms with Crippen LogP contribution in [0, 0.1) is 13.8 Å². The first-order valence-electron chi connectivity index (χ1n) is 5.00. The highest BCUT2D eigenvalue weighted by atomic mass is 35.5. The second kappa shape index (κ2) is 4.08. The third-order valence-electron chi connectivity index (χ3n) is 2.76. The Bertz CT molecular complexity index is 469. The lowest BCUT2D eigenvalue weighted by Crippen LogP contribution is -1.86. The number of hydrogen-bond acceptors (Lipinski definition) is 0. The van der Waals surface area contributed by atoms with Crippen LogP contribution in [0.3, 0.4) is 0 Å². The van der Waals surface area contributed by atoms with Crippen molar-refractivity contribution in [2.24, 2.45) is 0 Å². The molecule has 15 heavy (non-hydrogen) atoms. The highest BCUT2D eigenvalue weighted by Gasteiger charge is 2.02. The van der Waals surface area contributed by atoms with Gasteiger partial charge in [-0.3, -0.25) is 0 Å². The quantitative estimate of drug-likeness (QED) is 0.652. The Morgan fingerprint density at radius 1 is 0.867 bits per heavy atom. The highest BCUT2D eigenvalue weighted by Crippen LogP contribution is 2.26. The molecule has 2 aromatic carbocycles. The van der Waals surface area contributed by atoms with Gasteiger partial charge in [0.1, 0.15) is 0 Å². The SMILES string of the molecule is Cc1cccc(-c2ccc(Cl)cc2)c1C. The van der Waals surface area contributed by atoms with Crippen LogP contribution in [0.1, 0.15) is 11.1 Å². The Morgan fingerprint density at radius 2 is 1.53 bits per heavy atom. The summed E-state index contributed by atoms with van der Waals surface area (Å²) in [6.07, 6.45) is 0. The van der Waals surface area contributed by atoms with E-state index < -0.39 is 0 Å². The lowest BCUT2D eigenvalue weighted by molar-refractivity contribution is 1.34. The predicted molar refractivity (Wildman–Crippen MR) is 66.4 cm³/mol. The summed E-state index contributed by atoms with van der Waals surface area (Å²) in [4.78, 5) is 0. The molecule has 0 amide bonds. The minimum Gasteiger partial charge on any atom is -0.0843 e. The summed E-state index contributed by atoms with van der Waals surface area (Å²) in [6.45, 7) is 4.29. The fourth-order valence-corrected chi connectivity index (χ4v) is 1.82. The Hall–Kier alpha value is -1.27. The van der Waals surface area contributed by atoms with E-state index in [1.807, 2.05) is 12.1 Å². The largest absolute Gasteiger partial charge is 0.0843 e. The van der Waals surface area contributed by atoms with Crippen molar-refractivity contribution in [3.63, 3.8) is 0 Å². The molecular formula is C14H13Cl. The van der Waals surface area contributed by atoms with Crippen LogP contribution in [0.15, 0.2) is 42.5 Å². The molecule has 0 aliphatic heterocycles. The standard InChI is InChI=1S/C14H13Cl/c1-10-4-3-5-14(11(10)2)12-6-8-13(15)9-7-12/h3-9H,1-2H3. The van der Waals surface area contributed by atoms with Crippen molar-refractivity contribution in [1.82, 2.24) is 0 Å². The van der Waals surface area contributed by atoms with E-state index in [1.54, 1.807) is 0 Å². The lowest BCUT2D eigenvalue weighted by Gasteiger charge is -2.08. The predicted octanol–water partition coefficient (Wildman–Crippen LogP) is 4.62. The number of aryl methyl sites for hydroxylation is 1. The summed E-state index contributed by atoms with van der Waals surface area (Å²) in [5.74, 6) is 0. The molecule has 0 radical (unpaired) electrons. The summed E-state index contributed by atoms with van der Waals surface area (Å²) < 4.78 is 0. The van der Waals surface area contributed by atoms with Gasteiger partial charge in [-0.25, -0.2) is 0 Å². The van der Waals surface area contributed by atoms with Gasteiger partial charge < -0.3 is 0 Å². The second-order valence-electron chi connectivity index (χ2n) is 3.75. The number of benzene rings is 2. The van der Waals surface area contributed by atoms with E-state index >= 15 is 0 Å². The topological polar surface area (TPSA) is 0 Å². The molecule has 0 aliphatic carbocycles. The van der Waals surface area contributed by atoms with Crippen molar-refractivity contribution in [1.29, 1.82) is 0 Å². The van der Waals surface area contributed by atoms with Crippen LogP contribution in [0.25, 0.3) is 11.1 Å². The van der Waals surface area contributed by atoms with Gasteiger partial charge in [0.25, 0.3) is 0 Å². The lowest BCUT2D eigenvalue weighted by atomic mass is 9.97. The Morgan fingerprint density at radius 3 is 2.20 bits per heavy atom. The van der Waals surface area contributed by atoms with Gasteiger partial charge >= 0.3 is 0 Å². The molecule has 0 saturated heterocycles. The van der Waals surface area contributed by atoms with Gasteiger partial charge in [-0.15, -0.1) is 0 Å². The number of rotatable bonds is 1. The van der Waals surface area contributed by atoms with Crippen LogP contribution in [0.4, 0.5) is 0 Å². The van der Waals surface area contributed by atoms with E-state index in [2.05, 4.69) is 44.2 Å². The van der Waals surface area contributed by atoms with Crippen molar-refractivity contribution in [3.05, 3.63) is 58.6 Å². The summed E-state index contributed by atoms with van der Waals surface area (Å²) in [5.41, 5.74) is 5.16. The average Bonchev–Trinajstić information content (AvgIpc) is 2.24. The minimum absolute atomic E-state index is 0.782. The maximum absolute atomic E-state index is 5.87. The molecule has 0 aliphatic rings. The number of halogens is 1. The van der Waals surface area contributed by atoms with E-state index in [-0.39, 0.29) is 0 Å². The molecule has 0 fully saturated rings. The normalized spacial score (nSPS) is 10.3. The van der Waals surface area contributed by atoms with E-state index in [1.165, 1.54) is 22.3 Å². The molecular weight excluding hydrogens is 204 g/mol. The van der Waals surface area contributed by atoms with Crippen LogP contribution in [0.2, 0.25) is 5.02 Å². The van der Waals surface area contributed by atoms with Gasteiger partial charge in [0.05, 0.1) is 0 Å². The van der Waals surface area contributed by atoms with E-state index in [4.69, 9.17) is 11.6 Å². The molecule has 76 valence electrons. The van der Waals surface area contributed by atoms with Crippen molar-refractivity contribution in [2.45, 2.75) is 13.8 Å². The Labute approximate surface area is 95.5 Å². The van der Waals surface area contributed by atoms with Crippen LogP contribution < -0.4 is 0 Å². The maximum atomic E-state index is 5.87. The Balaban J connectivity index is 2.54. The van der Waals surface area contributed by atoms with E-state index in [9.17, 15) is 0 Å². The van der Waals surface area contributed by atoms with Crippen molar-refractivity contribution >= 4 is 11.6 Å². The second-order valence-corrected chi connectivity index (χ2v) is 4.19. The van der Waals surface area contributed by atoms with Gasteiger partial charge in [-0.05, 0) is 48.2 Å². The van der Waals surface area contributed by atoms with E-state index in [0.717, 1.165) is 5.02 Å². The summed E-state index contributed by atoms with van der Waals surface area (Å²) >= 11 is 5.87. The van der Waals surface area contributed by atoms with Gasteiger partial charge in [-0.1, -0.05) is 41.9 Å². The molecule has 0 unspecified atom stereocenters. The van der Waals surface area contributed by atoms with Crippen molar-refractivity contribution < 1.29 is 0 Å². The van der Waals surface area contributed by atoms with Crippen molar-refractivity contribution in [3.8, 4) is 11.1 Å². The molecule has 0 bridgehead atoms. The Kier molecular flexibility index (Phi) is 2.79. The third kappa shape index (κ3) is 2.05. The maximum Gasteiger partial charge on any atom is 0.0406 e. The molecule has 2 rings (SSSR count). The van der Waals surface area contributed by atoms with E-state index in [0.29, 0.717) is 0 Å². The van der Waals surface area contributed by atoms with Crippen LogP contribution in [-0.4, -0.2) is 0 Å². The molecule has 0 nitrogen and oxygen atoms in total. The fourth-order valence-electron chi connectivity index (χ4n) is 1.69.